The Labute approximate surface area is 366 Å². The third-order valence-corrected chi connectivity index (χ3v) is 13.0. The normalized spacial score (nSPS) is 14.2. The molecule has 2 heterocycles. The first kappa shape index (κ1) is 36.7. The molecule has 3 heteroatoms. The quantitative estimate of drug-likeness (QED) is 0.161. The largest absolute Gasteiger partial charge is 0.455 e. The molecule has 11 aromatic rings. The first-order valence-electron chi connectivity index (χ1n) is 21.6. The van der Waals surface area contributed by atoms with E-state index in [2.05, 4.69) is 201 Å². The fourth-order valence-electron chi connectivity index (χ4n) is 9.81. The van der Waals surface area contributed by atoms with Crippen LogP contribution >= 0.6 is 0 Å². The van der Waals surface area contributed by atoms with Gasteiger partial charge < -0.3 is 4.42 Å². The van der Waals surface area contributed by atoms with Gasteiger partial charge in [0.1, 0.15) is 11.2 Å². The van der Waals surface area contributed by atoms with Gasteiger partial charge in [0.2, 0.25) is 0 Å². The highest BCUT2D eigenvalue weighted by Crippen LogP contribution is 2.56. The van der Waals surface area contributed by atoms with E-state index in [4.69, 9.17) is 14.4 Å². The zero-order valence-corrected chi connectivity index (χ0v) is 34.7. The van der Waals surface area contributed by atoms with E-state index in [-0.39, 0.29) is 5.41 Å². The number of rotatable bonds is 7. The number of hydrogen-bond acceptors (Lipinski definition) is 3. The minimum absolute atomic E-state index is 0.343. The van der Waals surface area contributed by atoms with Crippen LogP contribution in [0.25, 0.3) is 100 Å². The number of benzene rings is 9. The summed E-state index contributed by atoms with van der Waals surface area (Å²) in [5.74, 6) is 0.688. The van der Waals surface area contributed by atoms with Crippen LogP contribution < -0.4 is 0 Å². The number of hydrogen-bond donors (Lipinski definition) is 0. The molecule has 0 bridgehead atoms. The van der Waals surface area contributed by atoms with Crippen molar-refractivity contribution in [1.82, 2.24) is 9.97 Å². The molecule has 0 radical (unpaired) electrons. The molecule has 1 aliphatic rings. The first-order chi connectivity index (χ1) is 31.1. The maximum Gasteiger partial charge on any atom is 0.160 e. The summed E-state index contributed by atoms with van der Waals surface area (Å²) in [7, 11) is 0. The van der Waals surface area contributed by atoms with E-state index in [9.17, 15) is 0 Å². The Morgan fingerprint density at radius 1 is 0.365 bits per heavy atom. The highest BCUT2D eigenvalue weighted by Gasteiger charge is 2.42. The van der Waals surface area contributed by atoms with Crippen molar-refractivity contribution in [3.05, 3.63) is 241 Å². The molecule has 12 rings (SSSR count). The van der Waals surface area contributed by atoms with Crippen LogP contribution in [0.15, 0.2) is 229 Å². The number of nitrogens with zero attached hydrogens (tertiary/aromatic N) is 2. The van der Waals surface area contributed by atoms with Crippen molar-refractivity contribution < 1.29 is 4.42 Å². The van der Waals surface area contributed by atoms with Crippen molar-refractivity contribution in [2.24, 2.45) is 0 Å². The Morgan fingerprint density at radius 3 is 1.71 bits per heavy atom. The van der Waals surface area contributed by atoms with Crippen LogP contribution in [-0.4, -0.2) is 9.97 Å². The molecule has 0 amide bonds. The third kappa shape index (κ3) is 6.12. The number of fused-ring (bicyclic) bond motifs is 6. The molecular formula is C60H40N2O. The molecular weight excluding hydrogens is 765 g/mol. The smallest absolute Gasteiger partial charge is 0.160 e. The molecule has 296 valence electrons. The second-order valence-electron chi connectivity index (χ2n) is 16.6. The van der Waals surface area contributed by atoms with Crippen LogP contribution in [0.4, 0.5) is 0 Å². The van der Waals surface area contributed by atoms with Crippen LogP contribution in [-0.2, 0) is 5.41 Å². The van der Waals surface area contributed by atoms with E-state index in [1.54, 1.807) is 0 Å². The third-order valence-electron chi connectivity index (χ3n) is 13.0. The van der Waals surface area contributed by atoms with Crippen LogP contribution in [0.5, 0.6) is 0 Å². The van der Waals surface area contributed by atoms with Gasteiger partial charge in [-0.25, -0.2) is 9.97 Å². The van der Waals surface area contributed by atoms with Gasteiger partial charge in [-0.15, -0.1) is 0 Å². The fraction of sp³-hybridized carbons (Fsp3) is 0.0333. The first-order valence-corrected chi connectivity index (χ1v) is 21.6. The number of furan rings is 1. The highest BCUT2D eigenvalue weighted by atomic mass is 16.3. The summed E-state index contributed by atoms with van der Waals surface area (Å²) in [4.78, 5) is 10.4. The minimum atomic E-state index is -0.343. The number of aromatic nitrogens is 2. The lowest BCUT2D eigenvalue weighted by atomic mass is 9.73. The van der Waals surface area contributed by atoms with Crippen LogP contribution in [0.2, 0.25) is 0 Å². The summed E-state index contributed by atoms with van der Waals surface area (Å²) in [5.41, 5.74) is 19.7. The second kappa shape index (κ2) is 14.8. The fourth-order valence-corrected chi connectivity index (χ4v) is 9.81. The topological polar surface area (TPSA) is 38.9 Å². The van der Waals surface area contributed by atoms with E-state index in [0.717, 1.165) is 66.7 Å². The van der Waals surface area contributed by atoms with Gasteiger partial charge in [-0.1, -0.05) is 200 Å². The summed E-state index contributed by atoms with van der Waals surface area (Å²) in [6, 6.07) is 80.0. The van der Waals surface area contributed by atoms with E-state index >= 15 is 0 Å². The van der Waals surface area contributed by atoms with E-state index in [0.29, 0.717) is 5.82 Å². The van der Waals surface area contributed by atoms with Crippen LogP contribution in [0, 0.1) is 0 Å². The van der Waals surface area contributed by atoms with Gasteiger partial charge in [0.05, 0.1) is 11.4 Å². The molecule has 1 unspecified atom stereocenters. The summed E-state index contributed by atoms with van der Waals surface area (Å²) < 4.78 is 6.39. The van der Waals surface area contributed by atoms with E-state index < -0.39 is 0 Å². The SMILES string of the molecule is CC1(c2ccccc2)c2cc(-c3cccc(-c4cc(-c5ccc(-c6cccc7c6oc6ccccc67)cc5)nc(-c5ccccc5)n4)c3)ccc2-c2c(-c3ccccc3)cccc21. The molecule has 1 atom stereocenters. The molecule has 2 aromatic heterocycles. The van der Waals surface area contributed by atoms with Gasteiger partial charge in [-0.3, -0.25) is 0 Å². The van der Waals surface area contributed by atoms with Crippen LogP contribution in [0.3, 0.4) is 0 Å². The lowest BCUT2D eigenvalue weighted by Crippen LogP contribution is -2.22. The Hall–Kier alpha value is -8.14. The Kier molecular flexibility index (Phi) is 8.62. The molecule has 3 nitrogen and oxygen atoms in total. The predicted octanol–water partition coefficient (Wildman–Crippen LogP) is 15.7. The Morgan fingerprint density at radius 2 is 0.921 bits per heavy atom. The minimum Gasteiger partial charge on any atom is -0.455 e. The van der Waals surface area contributed by atoms with Gasteiger partial charge in [-0.05, 0) is 86.8 Å². The van der Waals surface area contributed by atoms with E-state index in [1.165, 1.54) is 44.5 Å². The summed E-state index contributed by atoms with van der Waals surface area (Å²) >= 11 is 0. The highest BCUT2D eigenvalue weighted by molar-refractivity contribution is 6.09. The van der Waals surface area contributed by atoms with Gasteiger partial charge in [0.25, 0.3) is 0 Å². The maximum absolute atomic E-state index is 6.39. The zero-order chi connectivity index (χ0) is 41.9. The van der Waals surface area contributed by atoms with Crippen molar-refractivity contribution in [3.63, 3.8) is 0 Å². The van der Waals surface area contributed by atoms with Crippen molar-refractivity contribution >= 4 is 21.9 Å². The van der Waals surface area contributed by atoms with Gasteiger partial charge in [0, 0.05) is 38.4 Å². The van der Waals surface area contributed by atoms with Crippen molar-refractivity contribution in [2.45, 2.75) is 12.3 Å². The number of para-hydroxylation sites is 2. The zero-order valence-electron chi connectivity index (χ0n) is 34.7. The Bertz CT molecular complexity index is 3500. The molecule has 0 saturated heterocycles. The van der Waals surface area contributed by atoms with E-state index in [1.807, 2.05) is 30.3 Å². The lowest BCUT2D eigenvalue weighted by Gasteiger charge is -2.29. The standard InChI is InChI=1S/C60H40N2O/c1-60(46-22-9-4-10-23-46)52-28-15-25-47(39-16-5-2-6-17-39)57(52)51-35-34-44(37-53(51)60)43-20-13-21-45(36-43)55-38-54(61-59(62-55)42-18-7-3-8-19-42)41-32-30-40(31-33-41)48-26-14-27-50-49-24-11-12-29-56(49)63-58(48)50/h2-38H,1H3. The summed E-state index contributed by atoms with van der Waals surface area (Å²) in [5, 5.41) is 2.25. The molecule has 0 N–H and O–H groups in total. The molecule has 9 aromatic carbocycles. The lowest BCUT2D eigenvalue weighted by molar-refractivity contribution is 0.670. The second-order valence-corrected chi connectivity index (χ2v) is 16.6. The Balaban J connectivity index is 0.954. The molecule has 63 heavy (non-hydrogen) atoms. The predicted molar refractivity (Wildman–Crippen MR) is 259 cm³/mol. The van der Waals surface area contributed by atoms with Crippen LogP contribution in [0.1, 0.15) is 23.6 Å². The maximum atomic E-state index is 6.39. The average Bonchev–Trinajstić information content (AvgIpc) is 3.88. The van der Waals surface area contributed by atoms with Gasteiger partial charge in [0.15, 0.2) is 5.82 Å². The van der Waals surface area contributed by atoms with Crippen molar-refractivity contribution in [1.29, 1.82) is 0 Å². The molecule has 0 saturated carbocycles. The summed E-state index contributed by atoms with van der Waals surface area (Å²) in [6.07, 6.45) is 0. The van der Waals surface area contributed by atoms with Crippen molar-refractivity contribution in [3.8, 4) is 78.4 Å². The van der Waals surface area contributed by atoms with Gasteiger partial charge >= 0.3 is 0 Å². The van der Waals surface area contributed by atoms with Gasteiger partial charge in [-0.2, -0.15) is 0 Å². The van der Waals surface area contributed by atoms with Crippen molar-refractivity contribution in [2.75, 3.05) is 0 Å². The average molecular weight is 805 g/mol. The molecule has 0 fully saturated rings. The molecule has 0 aliphatic heterocycles. The monoisotopic (exact) mass is 804 g/mol. The molecule has 1 aliphatic carbocycles. The molecule has 0 spiro atoms. The summed E-state index contributed by atoms with van der Waals surface area (Å²) in [6.45, 7) is 2.39.